The van der Waals surface area contributed by atoms with Crippen molar-refractivity contribution in [2.45, 2.75) is 38.8 Å². The molecule has 0 bridgehead atoms. The Morgan fingerprint density at radius 2 is 1.74 bits per heavy atom. The molecule has 1 atom stereocenters. The zero-order chi connectivity index (χ0) is 16.4. The Kier molecular flexibility index (Phi) is 10.8. The Hall–Kier alpha value is -0.250. The number of nitrogens with zero attached hydrogens (tertiary/aromatic N) is 1. The summed E-state index contributed by atoms with van der Waals surface area (Å²) in [4.78, 5) is 35.7. The molecule has 0 fully saturated rings. The minimum atomic E-state index is -1.81. The van der Waals surface area contributed by atoms with Crippen LogP contribution >= 0.6 is 0 Å². The molecule has 1 aliphatic rings. The molecule has 23 heavy (non-hydrogen) atoms. The average Bonchev–Trinajstić information content (AvgIpc) is 2.34. The van der Waals surface area contributed by atoms with E-state index in [2.05, 4.69) is 4.74 Å². The third kappa shape index (κ3) is 6.64. The summed E-state index contributed by atoms with van der Waals surface area (Å²) in [6.07, 6.45) is -1.13. The molecule has 8 nitrogen and oxygen atoms in total. The fourth-order valence-electron chi connectivity index (χ4n) is 1.89. The van der Waals surface area contributed by atoms with Gasteiger partial charge >= 0.3 is 71.2 Å². The molecule has 0 radical (unpaired) electrons. The number of ether oxygens (including phenoxy) is 2. The number of carbonyl (C=O) groups excluding carboxylic acids is 3. The third-order valence-electron chi connectivity index (χ3n) is 2.72. The van der Waals surface area contributed by atoms with Gasteiger partial charge in [0.25, 0.3) is 0 Å². The number of esters is 1. The summed E-state index contributed by atoms with van der Waals surface area (Å²) in [5.41, 5.74) is -1.48. The van der Waals surface area contributed by atoms with Crippen LogP contribution in [0.4, 0.5) is 4.79 Å². The summed E-state index contributed by atoms with van der Waals surface area (Å²) in [7, 11) is 1.02. The maximum atomic E-state index is 12.0. The fraction of sp³-hybridized carbons (Fsp3) is 0.615. The van der Waals surface area contributed by atoms with Gasteiger partial charge in [-0.3, -0.25) is 4.90 Å². The van der Waals surface area contributed by atoms with E-state index < -0.39 is 41.0 Å². The molecule has 0 unspecified atom stereocenters. The molecular weight excluding hydrogens is 328 g/mol. The Labute approximate surface area is 178 Å². The molecule has 0 spiro atoms. The van der Waals surface area contributed by atoms with Crippen LogP contribution in [-0.4, -0.2) is 48.2 Å². The molecule has 0 saturated carbocycles. The van der Waals surface area contributed by atoms with Crippen molar-refractivity contribution in [1.29, 1.82) is 0 Å². The number of rotatable bonds is 2. The van der Waals surface area contributed by atoms with Gasteiger partial charge in [-0.15, -0.1) is 5.76 Å². The molecule has 0 saturated heterocycles. The summed E-state index contributed by atoms with van der Waals surface area (Å²) < 4.78 is 9.48. The van der Waals surface area contributed by atoms with Gasteiger partial charge in [-0.05, 0) is 27.2 Å². The second-order valence-corrected chi connectivity index (χ2v) is 5.47. The van der Waals surface area contributed by atoms with Crippen molar-refractivity contribution in [2.24, 2.45) is 0 Å². The summed E-state index contributed by atoms with van der Waals surface area (Å²) in [5, 5.41) is 23.0. The Morgan fingerprint density at radius 1 is 1.22 bits per heavy atom. The van der Waals surface area contributed by atoms with Crippen LogP contribution in [0.15, 0.2) is 11.3 Å². The number of aliphatic carboxylic acids is 1. The average molecular weight is 345 g/mol. The first-order valence-corrected chi connectivity index (χ1v) is 6.27. The van der Waals surface area contributed by atoms with E-state index in [9.17, 15) is 24.6 Å². The normalized spacial score (nSPS) is 17.6. The SMILES string of the molecule is COC(=O)C1=C([O-])CCN(C(=O)OC(C)(C)C)[C@H]1C(=O)[O-].[Na+].[Na+]. The number of carboxylic acids is 1. The van der Waals surface area contributed by atoms with E-state index in [0.717, 1.165) is 12.0 Å². The summed E-state index contributed by atoms with van der Waals surface area (Å²) in [5.74, 6) is -3.52. The summed E-state index contributed by atoms with van der Waals surface area (Å²) in [6.45, 7) is 4.66. The minimum absolute atomic E-state index is 0. The number of carbonyl (C=O) groups is 3. The van der Waals surface area contributed by atoms with Crippen molar-refractivity contribution in [1.82, 2.24) is 4.90 Å². The molecule has 10 heteroatoms. The molecule has 0 aromatic heterocycles. The number of methoxy groups -OCH3 is 1. The number of hydrogen-bond donors (Lipinski definition) is 0. The van der Waals surface area contributed by atoms with E-state index in [0.29, 0.717) is 0 Å². The van der Waals surface area contributed by atoms with Gasteiger partial charge in [-0.25, -0.2) is 9.59 Å². The molecule has 118 valence electrons. The monoisotopic (exact) mass is 345 g/mol. The van der Waals surface area contributed by atoms with Crippen LogP contribution in [0.1, 0.15) is 27.2 Å². The molecule has 0 aromatic rings. The van der Waals surface area contributed by atoms with Gasteiger partial charge in [0.1, 0.15) is 11.6 Å². The van der Waals surface area contributed by atoms with Gasteiger partial charge in [0.2, 0.25) is 0 Å². The van der Waals surface area contributed by atoms with E-state index in [4.69, 9.17) is 4.74 Å². The van der Waals surface area contributed by atoms with E-state index in [1.807, 2.05) is 0 Å². The second-order valence-electron chi connectivity index (χ2n) is 5.47. The molecule has 0 aliphatic carbocycles. The maximum Gasteiger partial charge on any atom is 1.00 e. The molecule has 1 amide bonds. The molecule has 1 aliphatic heterocycles. The van der Waals surface area contributed by atoms with Crippen LogP contribution in [-0.2, 0) is 19.1 Å². The predicted molar refractivity (Wildman–Crippen MR) is 65.4 cm³/mol. The first-order valence-electron chi connectivity index (χ1n) is 6.27. The first kappa shape index (κ1) is 25.0. The number of amides is 1. The zero-order valence-electron chi connectivity index (χ0n) is 14.3. The fourth-order valence-corrected chi connectivity index (χ4v) is 1.89. The standard InChI is InChI=1S/C13H19NO7.2Na/c1-13(2,3)21-12(19)14-6-5-7(15)8(11(18)20-4)9(14)10(16)17;;/h9,15H,5-6H2,1-4H3,(H,16,17);;/q;2*+1/p-2/t9-;;/m1../s1. The van der Waals surface area contributed by atoms with Gasteiger partial charge in [0, 0.05) is 6.54 Å². The van der Waals surface area contributed by atoms with Crippen LogP contribution in [0, 0.1) is 0 Å². The van der Waals surface area contributed by atoms with Crippen LogP contribution in [0.25, 0.3) is 0 Å². The van der Waals surface area contributed by atoms with Gasteiger partial charge in [0.15, 0.2) is 0 Å². The quantitative estimate of drug-likeness (QED) is 0.360. The zero-order valence-corrected chi connectivity index (χ0v) is 18.3. The van der Waals surface area contributed by atoms with Gasteiger partial charge < -0.3 is 24.5 Å². The maximum absolute atomic E-state index is 12.0. The molecular formula is C13H17NNa2O7. The summed E-state index contributed by atoms with van der Waals surface area (Å²) >= 11 is 0. The van der Waals surface area contributed by atoms with Crippen LogP contribution in [0.3, 0.4) is 0 Å². The van der Waals surface area contributed by atoms with Crippen molar-refractivity contribution >= 4 is 18.0 Å². The van der Waals surface area contributed by atoms with Gasteiger partial charge in [-0.1, -0.05) is 0 Å². The van der Waals surface area contributed by atoms with Gasteiger partial charge in [0.05, 0.1) is 18.7 Å². The molecule has 0 aromatic carbocycles. The van der Waals surface area contributed by atoms with Crippen molar-refractivity contribution in [3.05, 3.63) is 11.3 Å². The van der Waals surface area contributed by atoms with E-state index in [-0.39, 0.29) is 72.1 Å². The topological polar surface area (TPSA) is 119 Å². The largest absolute Gasteiger partial charge is 1.00 e. The van der Waals surface area contributed by atoms with Crippen molar-refractivity contribution in [3.8, 4) is 0 Å². The minimum Gasteiger partial charge on any atom is -0.875 e. The van der Waals surface area contributed by atoms with Crippen molar-refractivity contribution < 1.29 is 93.2 Å². The van der Waals surface area contributed by atoms with E-state index in [1.54, 1.807) is 20.8 Å². The van der Waals surface area contributed by atoms with Crippen LogP contribution < -0.4 is 69.3 Å². The second kappa shape index (κ2) is 9.90. The van der Waals surface area contributed by atoms with E-state index >= 15 is 0 Å². The molecule has 0 N–H and O–H groups in total. The Morgan fingerprint density at radius 3 is 2.13 bits per heavy atom. The predicted octanol–water partition coefficient (Wildman–Crippen LogP) is -7.46. The molecule has 1 heterocycles. The number of carboxylic acid groups (broad SMARTS) is 1. The first-order chi connectivity index (χ1) is 9.58. The Bertz CT molecular complexity index is 499. The van der Waals surface area contributed by atoms with Crippen LogP contribution in [0.2, 0.25) is 0 Å². The summed E-state index contributed by atoms with van der Waals surface area (Å²) in [6, 6.07) is -1.81. The third-order valence-corrected chi connectivity index (χ3v) is 2.72. The smallest absolute Gasteiger partial charge is 0.875 e. The number of hydrogen-bond acceptors (Lipinski definition) is 7. The van der Waals surface area contributed by atoms with E-state index in [1.165, 1.54) is 0 Å². The van der Waals surface area contributed by atoms with Crippen LogP contribution in [0.5, 0.6) is 0 Å². The molecule has 1 rings (SSSR count). The van der Waals surface area contributed by atoms with Crippen molar-refractivity contribution in [3.63, 3.8) is 0 Å². The Balaban J connectivity index is 0. The van der Waals surface area contributed by atoms with Crippen molar-refractivity contribution in [2.75, 3.05) is 13.7 Å². The van der Waals surface area contributed by atoms with Gasteiger partial charge in [-0.2, -0.15) is 0 Å².